The summed E-state index contributed by atoms with van der Waals surface area (Å²) in [5, 5.41) is 0. The van der Waals surface area contributed by atoms with Crippen molar-refractivity contribution in [2.45, 2.75) is 50.7 Å². The fourth-order valence-electron chi connectivity index (χ4n) is 3.88. The Kier molecular flexibility index (Phi) is 3.54. The second-order valence-electron chi connectivity index (χ2n) is 6.36. The quantitative estimate of drug-likeness (QED) is 0.819. The zero-order valence-electron chi connectivity index (χ0n) is 12.5. The molecular weight excluding hydrogens is 252 g/mol. The Balaban J connectivity index is 1.77. The van der Waals surface area contributed by atoms with Gasteiger partial charge in [-0.1, -0.05) is 0 Å². The maximum absolute atomic E-state index is 12.6. The lowest BCUT2D eigenvalue weighted by atomic mass is 9.76. The predicted octanol–water partition coefficient (Wildman–Crippen LogP) is 1.36. The molecule has 0 aliphatic carbocycles. The summed E-state index contributed by atoms with van der Waals surface area (Å²) in [6.45, 7) is 4.79. The topological polar surface area (TPSA) is 41.4 Å². The molecule has 2 atom stereocenters. The first-order valence-corrected chi connectivity index (χ1v) is 7.58. The Bertz CT molecular complexity index is 472. The number of carbonyl (C=O) groups excluding carboxylic acids is 1. The van der Waals surface area contributed by atoms with E-state index in [2.05, 4.69) is 28.8 Å². The van der Waals surface area contributed by atoms with Crippen LogP contribution in [0.5, 0.6) is 0 Å². The number of nitrogens with zero attached hydrogens (tertiary/aromatic N) is 4. The smallest absolute Gasteiger partial charge is 0.242 e. The summed E-state index contributed by atoms with van der Waals surface area (Å²) in [4.78, 5) is 21.2. The Hall–Kier alpha value is -1.36. The SMILES string of the molecule is CN1CCC[C@@H]2N(C(=O)Cn3ccnc3)CCC[C@@]21C. The van der Waals surface area contributed by atoms with Crippen LogP contribution in [0.25, 0.3) is 0 Å². The molecule has 0 saturated carbocycles. The molecule has 2 aliphatic heterocycles. The van der Waals surface area contributed by atoms with E-state index in [-0.39, 0.29) is 11.4 Å². The molecule has 0 radical (unpaired) electrons. The summed E-state index contributed by atoms with van der Waals surface area (Å²) in [6.07, 6.45) is 9.92. The molecule has 0 N–H and O–H groups in total. The summed E-state index contributed by atoms with van der Waals surface area (Å²) in [5.74, 6) is 0.231. The molecule has 5 heteroatoms. The highest BCUT2D eigenvalue weighted by atomic mass is 16.2. The number of rotatable bonds is 2. The van der Waals surface area contributed by atoms with E-state index in [9.17, 15) is 4.79 Å². The molecule has 2 aliphatic rings. The Morgan fingerprint density at radius 1 is 1.40 bits per heavy atom. The molecule has 0 spiro atoms. The predicted molar refractivity (Wildman–Crippen MR) is 77.2 cm³/mol. The van der Waals surface area contributed by atoms with Gasteiger partial charge in [0.15, 0.2) is 0 Å². The summed E-state index contributed by atoms with van der Waals surface area (Å²) < 4.78 is 1.86. The zero-order valence-corrected chi connectivity index (χ0v) is 12.5. The van der Waals surface area contributed by atoms with Gasteiger partial charge in [0, 0.05) is 30.5 Å². The van der Waals surface area contributed by atoms with Gasteiger partial charge in [-0.15, -0.1) is 0 Å². The number of hydrogen-bond donors (Lipinski definition) is 0. The Labute approximate surface area is 120 Å². The minimum Gasteiger partial charge on any atom is -0.336 e. The van der Waals surface area contributed by atoms with Crippen LogP contribution in [0.15, 0.2) is 18.7 Å². The average molecular weight is 276 g/mol. The van der Waals surface area contributed by atoms with Crippen LogP contribution in [0.1, 0.15) is 32.6 Å². The maximum Gasteiger partial charge on any atom is 0.242 e. The average Bonchev–Trinajstić information content (AvgIpc) is 2.92. The molecule has 3 heterocycles. The standard InChI is InChI=1S/C15H24N4O/c1-15-6-4-9-19(13(15)5-3-8-17(15)2)14(20)11-18-10-7-16-12-18/h7,10,12-13H,3-6,8-9,11H2,1-2H3/t13-,15-/m0/s1. The van der Waals surface area contributed by atoms with Crippen LogP contribution in [0.4, 0.5) is 0 Å². The van der Waals surface area contributed by atoms with Crippen LogP contribution in [-0.4, -0.2) is 57.0 Å². The van der Waals surface area contributed by atoms with E-state index in [1.807, 2.05) is 10.8 Å². The van der Waals surface area contributed by atoms with Crippen molar-refractivity contribution in [1.29, 1.82) is 0 Å². The molecule has 0 bridgehead atoms. The number of carbonyl (C=O) groups is 1. The number of likely N-dealkylation sites (tertiary alicyclic amines) is 2. The zero-order chi connectivity index (χ0) is 14.2. The van der Waals surface area contributed by atoms with Gasteiger partial charge in [-0.3, -0.25) is 9.69 Å². The number of amides is 1. The molecule has 1 aromatic heterocycles. The fourth-order valence-corrected chi connectivity index (χ4v) is 3.88. The van der Waals surface area contributed by atoms with Crippen LogP contribution in [-0.2, 0) is 11.3 Å². The maximum atomic E-state index is 12.6. The Morgan fingerprint density at radius 3 is 3.00 bits per heavy atom. The number of aromatic nitrogens is 2. The van der Waals surface area contributed by atoms with E-state index in [0.29, 0.717) is 12.6 Å². The highest BCUT2D eigenvalue weighted by Crippen LogP contribution is 2.38. The summed E-state index contributed by atoms with van der Waals surface area (Å²) in [7, 11) is 2.20. The number of imidazole rings is 1. The minimum absolute atomic E-state index is 0.154. The third kappa shape index (κ3) is 2.24. The lowest BCUT2D eigenvalue weighted by Gasteiger charge is -2.55. The van der Waals surface area contributed by atoms with Crippen molar-refractivity contribution in [1.82, 2.24) is 19.4 Å². The molecule has 0 aromatic carbocycles. The van der Waals surface area contributed by atoms with Gasteiger partial charge in [-0.2, -0.15) is 0 Å². The second kappa shape index (κ2) is 5.20. The van der Waals surface area contributed by atoms with Crippen molar-refractivity contribution >= 4 is 5.91 Å². The molecule has 110 valence electrons. The van der Waals surface area contributed by atoms with Gasteiger partial charge in [0.25, 0.3) is 0 Å². The number of fused-ring (bicyclic) bond motifs is 1. The molecule has 20 heavy (non-hydrogen) atoms. The van der Waals surface area contributed by atoms with E-state index in [0.717, 1.165) is 25.9 Å². The Morgan fingerprint density at radius 2 is 2.25 bits per heavy atom. The largest absolute Gasteiger partial charge is 0.336 e. The lowest BCUT2D eigenvalue weighted by Crippen LogP contribution is -2.66. The minimum atomic E-state index is 0.154. The first-order chi connectivity index (χ1) is 9.61. The van der Waals surface area contributed by atoms with Gasteiger partial charge < -0.3 is 9.47 Å². The van der Waals surface area contributed by atoms with Gasteiger partial charge in [-0.25, -0.2) is 4.98 Å². The fraction of sp³-hybridized carbons (Fsp3) is 0.733. The first kappa shape index (κ1) is 13.6. The van der Waals surface area contributed by atoms with E-state index in [1.54, 1.807) is 12.5 Å². The molecule has 2 fully saturated rings. The molecule has 2 saturated heterocycles. The molecule has 1 aromatic rings. The molecule has 5 nitrogen and oxygen atoms in total. The van der Waals surface area contributed by atoms with Crippen molar-refractivity contribution in [2.75, 3.05) is 20.1 Å². The monoisotopic (exact) mass is 276 g/mol. The van der Waals surface area contributed by atoms with Crippen molar-refractivity contribution < 1.29 is 4.79 Å². The third-order valence-electron chi connectivity index (χ3n) is 5.22. The van der Waals surface area contributed by atoms with Gasteiger partial charge in [0.2, 0.25) is 5.91 Å². The van der Waals surface area contributed by atoms with E-state index >= 15 is 0 Å². The highest BCUT2D eigenvalue weighted by molar-refractivity contribution is 5.76. The van der Waals surface area contributed by atoms with E-state index < -0.39 is 0 Å². The summed E-state index contributed by atoms with van der Waals surface area (Å²) >= 11 is 0. The van der Waals surface area contributed by atoms with Crippen LogP contribution < -0.4 is 0 Å². The van der Waals surface area contributed by atoms with Crippen LogP contribution in [0, 0.1) is 0 Å². The van der Waals surface area contributed by atoms with E-state index in [1.165, 1.54) is 12.8 Å². The normalized spacial score (nSPS) is 31.1. The number of likely N-dealkylation sites (N-methyl/N-ethyl adjacent to an activating group) is 1. The van der Waals surface area contributed by atoms with Crippen molar-refractivity contribution in [2.24, 2.45) is 0 Å². The van der Waals surface area contributed by atoms with Crippen molar-refractivity contribution in [3.05, 3.63) is 18.7 Å². The van der Waals surface area contributed by atoms with Gasteiger partial charge in [0.1, 0.15) is 6.54 Å². The van der Waals surface area contributed by atoms with Crippen LogP contribution in [0.2, 0.25) is 0 Å². The molecule has 1 amide bonds. The second-order valence-corrected chi connectivity index (χ2v) is 6.36. The number of hydrogen-bond acceptors (Lipinski definition) is 3. The van der Waals surface area contributed by atoms with Crippen molar-refractivity contribution in [3.63, 3.8) is 0 Å². The third-order valence-corrected chi connectivity index (χ3v) is 5.22. The van der Waals surface area contributed by atoms with Crippen LogP contribution >= 0.6 is 0 Å². The first-order valence-electron chi connectivity index (χ1n) is 7.58. The molecule has 0 unspecified atom stereocenters. The van der Waals surface area contributed by atoms with Gasteiger partial charge in [-0.05, 0) is 46.2 Å². The molecular formula is C15H24N4O. The molecule has 3 rings (SSSR count). The van der Waals surface area contributed by atoms with Crippen molar-refractivity contribution in [3.8, 4) is 0 Å². The van der Waals surface area contributed by atoms with Crippen LogP contribution in [0.3, 0.4) is 0 Å². The number of piperidine rings is 2. The lowest BCUT2D eigenvalue weighted by molar-refractivity contribution is -0.143. The highest BCUT2D eigenvalue weighted by Gasteiger charge is 2.46. The summed E-state index contributed by atoms with van der Waals surface area (Å²) in [5.41, 5.74) is 0.154. The van der Waals surface area contributed by atoms with E-state index in [4.69, 9.17) is 0 Å². The van der Waals surface area contributed by atoms with Gasteiger partial charge >= 0.3 is 0 Å². The summed E-state index contributed by atoms with van der Waals surface area (Å²) in [6, 6.07) is 0.367. The van der Waals surface area contributed by atoms with Gasteiger partial charge in [0.05, 0.1) is 6.33 Å².